The molecule has 0 radical (unpaired) electrons. The molecule has 0 spiro atoms. The van der Waals surface area contributed by atoms with E-state index in [1.54, 1.807) is 0 Å². The third-order valence-corrected chi connectivity index (χ3v) is 1.59. The van der Waals surface area contributed by atoms with E-state index < -0.39 is 0 Å². The van der Waals surface area contributed by atoms with Gasteiger partial charge in [-0.2, -0.15) is 18.7 Å². The first kappa shape index (κ1) is 18.8. The van der Waals surface area contributed by atoms with Crippen molar-refractivity contribution in [1.29, 1.82) is 0 Å². The summed E-state index contributed by atoms with van der Waals surface area (Å²) >= 11 is 4.40. The molecule has 0 heterocycles. The average molecular weight is 260 g/mol. The predicted molar refractivity (Wildman–Crippen MR) is 58.1 cm³/mol. The van der Waals surface area contributed by atoms with Crippen LogP contribution in [0, 0.1) is 6.08 Å². The second kappa shape index (κ2) is 7.52. The standard InChI is InChI=1S/C8H11S.2ClH.Ti/c1-8(2,9)7-5-3-4-6-7;;;/h3,5,9H,4H2,1-2H3;2*1H;/q-1;;;. The van der Waals surface area contributed by atoms with Crippen molar-refractivity contribution in [1.82, 2.24) is 0 Å². The van der Waals surface area contributed by atoms with Gasteiger partial charge in [-0.25, -0.2) is 11.6 Å². The molecule has 0 unspecified atom stereocenters. The smallest absolute Gasteiger partial charge is 0 e. The molecule has 0 aromatic carbocycles. The Morgan fingerprint density at radius 2 is 1.92 bits per heavy atom. The zero-order valence-electron chi connectivity index (χ0n) is 7.13. The second-order valence-corrected chi connectivity index (χ2v) is 3.87. The normalized spacial score (nSPS) is 13.8. The molecule has 0 saturated carbocycles. The van der Waals surface area contributed by atoms with Crippen LogP contribution in [0.4, 0.5) is 0 Å². The van der Waals surface area contributed by atoms with E-state index in [0.717, 1.165) is 6.42 Å². The fraction of sp³-hybridized carbons (Fsp3) is 0.500. The summed E-state index contributed by atoms with van der Waals surface area (Å²) in [5, 5.41) is 0. The fourth-order valence-electron chi connectivity index (χ4n) is 0.825. The van der Waals surface area contributed by atoms with E-state index in [9.17, 15) is 0 Å². The summed E-state index contributed by atoms with van der Waals surface area (Å²) in [6.07, 6.45) is 8.38. The molecule has 1 aliphatic carbocycles. The van der Waals surface area contributed by atoms with E-state index in [0.29, 0.717) is 0 Å². The summed E-state index contributed by atoms with van der Waals surface area (Å²) in [4.78, 5) is 0. The number of thiol groups is 1. The number of hydrogen-bond acceptors (Lipinski definition) is 1. The molecule has 0 saturated heterocycles. The zero-order valence-corrected chi connectivity index (χ0v) is 11.2. The van der Waals surface area contributed by atoms with Crippen LogP contribution in [-0.4, -0.2) is 4.75 Å². The second-order valence-electron chi connectivity index (χ2n) is 2.76. The van der Waals surface area contributed by atoms with Crippen molar-refractivity contribution < 1.29 is 21.7 Å². The Labute approximate surface area is 107 Å². The number of hydrogen-bond donors (Lipinski definition) is 1. The van der Waals surface area contributed by atoms with Crippen LogP contribution in [0.25, 0.3) is 0 Å². The van der Waals surface area contributed by atoms with Crippen LogP contribution in [0.2, 0.25) is 0 Å². The molecule has 1 aliphatic rings. The van der Waals surface area contributed by atoms with Gasteiger partial charge in [-0.05, 0) is 18.6 Å². The van der Waals surface area contributed by atoms with E-state index in [4.69, 9.17) is 0 Å². The Bertz CT molecular complexity index is 170. The van der Waals surface area contributed by atoms with Crippen LogP contribution < -0.4 is 0 Å². The first-order valence-electron chi connectivity index (χ1n) is 3.11. The maximum Gasteiger partial charge on any atom is 0 e. The van der Waals surface area contributed by atoms with Crippen molar-refractivity contribution in [3.8, 4) is 0 Å². The van der Waals surface area contributed by atoms with E-state index >= 15 is 0 Å². The summed E-state index contributed by atoms with van der Waals surface area (Å²) in [5.41, 5.74) is 1.21. The van der Waals surface area contributed by atoms with Crippen molar-refractivity contribution in [3.05, 3.63) is 23.8 Å². The molecule has 4 heteroatoms. The fourth-order valence-corrected chi connectivity index (χ4v) is 0.978. The minimum Gasteiger partial charge on any atom is -0.268 e. The van der Waals surface area contributed by atoms with Crippen LogP contribution >= 0.6 is 37.4 Å². The first-order valence-corrected chi connectivity index (χ1v) is 3.55. The van der Waals surface area contributed by atoms with Gasteiger partial charge in [-0.15, -0.1) is 31.2 Å². The largest absolute Gasteiger partial charge is 0.268 e. The first-order chi connectivity index (χ1) is 4.11. The molecule has 0 N–H and O–H groups in total. The molecule has 70 valence electrons. The van der Waals surface area contributed by atoms with E-state index in [2.05, 4.69) is 44.7 Å². The van der Waals surface area contributed by atoms with Gasteiger partial charge in [0.05, 0.1) is 0 Å². The molecule has 0 aliphatic heterocycles. The Hall–Kier alpha value is 1.12. The monoisotopic (exact) mass is 259 g/mol. The van der Waals surface area contributed by atoms with Crippen molar-refractivity contribution in [3.63, 3.8) is 0 Å². The van der Waals surface area contributed by atoms with Crippen molar-refractivity contribution in [2.24, 2.45) is 0 Å². The third-order valence-electron chi connectivity index (χ3n) is 1.35. The summed E-state index contributed by atoms with van der Waals surface area (Å²) in [7, 11) is 0. The molecule has 0 bridgehead atoms. The summed E-state index contributed by atoms with van der Waals surface area (Å²) in [6, 6.07) is 0. The molecule has 0 aromatic heterocycles. The van der Waals surface area contributed by atoms with E-state index in [-0.39, 0.29) is 51.3 Å². The number of rotatable bonds is 1. The average Bonchev–Trinajstić information content (AvgIpc) is 2.08. The SMILES string of the molecule is CC(C)(S)C1=[C-]CC=C1.Cl.Cl.[Ti]. The molecule has 0 amide bonds. The number of halogens is 2. The van der Waals surface area contributed by atoms with Crippen molar-refractivity contribution in [2.75, 3.05) is 0 Å². The van der Waals surface area contributed by atoms with E-state index in [1.165, 1.54) is 5.57 Å². The quantitative estimate of drug-likeness (QED) is 0.417. The molecule has 0 nitrogen and oxygen atoms in total. The van der Waals surface area contributed by atoms with Gasteiger partial charge in [0.25, 0.3) is 0 Å². The minimum absolute atomic E-state index is 0. The van der Waals surface area contributed by atoms with Gasteiger partial charge < -0.3 is 0 Å². The number of allylic oxidation sites excluding steroid dienone is 3. The topological polar surface area (TPSA) is 0 Å². The summed E-state index contributed by atoms with van der Waals surface area (Å²) in [5.74, 6) is 0. The van der Waals surface area contributed by atoms with Gasteiger partial charge in [0.2, 0.25) is 0 Å². The van der Waals surface area contributed by atoms with Crippen molar-refractivity contribution in [2.45, 2.75) is 25.0 Å². The van der Waals surface area contributed by atoms with Gasteiger partial charge in [0, 0.05) is 21.7 Å². The maximum atomic E-state index is 4.40. The van der Waals surface area contributed by atoms with Crippen LogP contribution in [-0.2, 0) is 21.7 Å². The van der Waals surface area contributed by atoms with Gasteiger partial charge in [-0.1, -0.05) is 0 Å². The molecule has 0 atom stereocenters. The van der Waals surface area contributed by atoms with Gasteiger partial charge in [0.1, 0.15) is 0 Å². The van der Waals surface area contributed by atoms with E-state index in [1.807, 2.05) is 0 Å². The van der Waals surface area contributed by atoms with Crippen LogP contribution in [0.5, 0.6) is 0 Å². The van der Waals surface area contributed by atoms with Gasteiger partial charge >= 0.3 is 0 Å². The molecule has 12 heavy (non-hydrogen) atoms. The summed E-state index contributed by atoms with van der Waals surface area (Å²) in [6.45, 7) is 4.15. The van der Waals surface area contributed by atoms with Gasteiger partial charge in [-0.3, -0.25) is 6.08 Å². The predicted octanol–water partition coefficient (Wildman–Crippen LogP) is 3.23. The van der Waals surface area contributed by atoms with Crippen LogP contribution in [0.15, 0.2) is 17.7 Å². The molecule has 1 rings (SSSR count). The maximum absolute atomic E-state index is 4.40. The van der Waals surface area contributed by atoms with Crippen LogP contribution in [0.3, 0.4) is 0 Å². The Morgan fingerprint density at radius 3 is 2.08 bits per heavy atom. The summed E-state index contributed by atoms with van der Waals surface area (Å²) < 4.78 is -0.00694. The third kappa shape index (κ3) is 5.72. The van der Waals surface area contributed by atoms with Crippen LogP contribution in [0.1, 0.15) is 20.3 Å². The molecular formula is C8H13Cl2STi-. The zero-order chi connectivity index (χ0) is 6.91. The molecule has 0 fully saturated rings. The minimum atomic E-state index is -0.00694. The van der Waals surface area contributed by atoms with Crippen molar-refractivity contribution >= 4 is 37.4 Å². The Morgan fingerprint density at radius 1 is 1.42 bits per heavy atom. The Kier molecular flexibility index (Phi) is 11.8. The Balaban J connectivity index is -0.000000270. The van der Waals surface area contributed by atoms with Gasteiger partial charge in [0.15, 0.2) is 0 Å². The molecular weight excluding hydrogens is 247 g/mol. The molecule has 0 aromatic rings.